The zero-order chi connectivity index (χ0) is 26.0. The predicted octanol–water partition coefficient (Wildman–Crippen LogP) is 1.27. The molecule has 13 nitrogen and oxygen atoms in total. The third-order valence-corrected chi connectivity index (χ3v) is 6.24. The molecule has 1 fully saturated rings. The number of ether oxygens (including phenoxy) is 2. The number of amides is 1. The number of methoxy groups -OCH3 is 1. The molecule has 3 heterocycles. The molecule has 0 unspecified atom stereocenters. The van der Waals surface area contributed by atoms with Gasteiger partial charge in [-0.2, -0.15) is 0 Å². The number of carbonyl (C=O) groups is 1. The van der Waals surface area contributed by atoms with E-state index in [1.807, 2.05) is 4.72 Å². The Labute approximate surface area is 210 Å². The summed E-state index contributed by atoms with van der Waals surface area (Å²) in [5, 5.41) is 18.6. The lowest BCUT2D eigenvalue weighted by molar-refractivity contribution is 0.0969. The number of nitrogens with zero attached hydrogens (tertiary/aromatic N) is 6. The third kappa shape index (κ3) is 5.26. The molecule has 1 aromatic carbocycles. The Hall–Kier alpha value is -4.77. The molecule has 2 aliphatic rings. The van der Waals surface area contributed by atoms with E-state index in [4.69, 9.17) is 9.47 Å². The summed E-state index contributed by atoms with van der Waals surface area (Å²) in [6, 6.07) is 5.97. The maximum absolute atomic E-state index is 13.2. The van der Waals surface area contributed by atoms with Crippen molar-refractivity contribution in [2.24, 2.45) is 4.99 Å². The highest BCUT2D eigenvalue weighted by molar-refractivity contribution is 7.89. The molecular formula is C23H19N7O6S. The zero-order valence-corrected chi connectivity index (χ0v) is 20.1. The van der Waals surface area contributed by atoms with E-state index < -0.39 is 27.5 Å². The van der Waals surface area contributed by atoms with Crippen molar-refractivity contribution in [2.45, 2.75) is 24.7 Å². The Morgan fingerprint density at radius 1 is 1.22 bits per heavy atom. The smallest absolute Gasteiger partial charge is 0.303 e. The monoisotopic (exact) mass is 521 g/mol. The number of sulfonamides is 1. The van der Waals surface area contributed by atoms with Crippen LogP contribution in [0.1, 0.15) is 35.1 Å². The Morgan fingerprint density at radius 3 is 2.73 bits per heavy atom. The number of phenols is 1. The van der Waals surface area contributed by atoms with Gasteiger partial charge >= 0.3 is 5.91 Å². The summed E-state index contributed by atoms with van der Waals surface area (Å²) in [6.07, 6.45) is 6.16. The minimum atomic E-state index is -4.22. The summed E-state index contributed by atoms with van der Waals surface area (Å²) < 4.78 is 39.5. The molecule has 3 aromatic rings. The van der Waals surface area contributed by atoms with Crippen molar-refractivity contribution in [1.29, 1.82) is 0 Å². The first-order chi connectivity index (χ1) is 17.8. The van der Waals surface area contributed by atoms with Crippen molar-refractivity contribution >= 4 is 27.5 Å². The molecule has 37 heavy (non-hydrogen) atoms. The number of nitrogens with one attached hydrogen (secondary N) is 1. The fourth-order valence-corrected chi connectivity index (χ4v) is 4.29. The van der Waals surface area contributed by atoms with E-state index in [2.05, 4.69) is 36.6 Å². The van der Waals surface area contributed by atoms with Crippen LogP contribution in [-0.4, -0.2) is 63.3 Å². The zero-order valence-electron chi connectivity index (χ0n) is 19.3. The average Bonchev–Trinajstić information content (AvgIpc) is 3.58. The molecule has 1 saturated carbocycles. The molecule has 14 heteroatoms. The van der Waals surface area contributed by atoms with Gasteiger partial charge in [0, 0.05) is 12.4 Å². The summed E-state index contributed by atoms with van der Waals surface area (Å²) in [5.41, 5.74) is 5.66. The van der Waals surface area contributed by atoms with Gasteiger partial charge in [-0.15, -0.1) is 10.2 Å². The number of benzene rings is 1. The molecular weight excluding hydrogens is 502 g/mol. The van der Waals surface area contributed by atoms with E-state index in [1.165, 1.54) is 43.8 Å². The van der Waals surface area contributed by atoms with Gasteiger partial charge in [0.25, 0.3) is 0 Å². The minimum Gasteiger partial charge on any atom is -0.506 e. The Kier molecular flexibility index (Phi) is 6.28. The second-order valence-corrected chi connectivity index (χ2v) is 9.62. The fourth-order valence-electron chi connectivity index (χ4n) is 3.35. The van der Waals surface area contributed by atoms with Gasteiger partial charge in [-0.25, -0.2) is 28.1 Å². The Balaban J connectivity index is 1.57. The largest absolute Gasteiger partial charge is 0.506 e. The van der Waals surface area contributed by atoms with Crippen LogP contribution in [0.5, 0.6) is 11.5 Å². The van der Waals surface area contributed by atoms with E-state index >= 15 is 0 Å². The number of para-hydroxylation sites is 1. The van der Waals surface area contributed by atoms with Crippen molar-refractivity contribution in [3.63, 3.8) is 0 Å². The van der Waals surface area contributed by atoms with Gasteiger partial charge in [-0.1, -0.05) is 11.8 Å². The van der Waals surface area contributed by atoms with Crippen LogP contribution in [0.25, 0.3) is 11.4 Å². The van der Waals surface area contributed by atoms with Crippen LogP contribution in [0.15, 0.2) is 59.2 Å². The summed E-state index contributed by atoms with van der Waals surface area (Å²) in [6.45, 7) is 0. The minimum absolute atomic E-state index is 0.00542. The number of aromatic nitrogens is 5. The molecule has 5 rings (SSSR count). The molecule has 0 saturated heterocycles. The van der Waals surface area contributed by atoms with Gasteiger partial charge < -0.3 is 14.6 Å². The number of hydrogen-bond acceptors (Lipinski definition) is 11. The molecule has 0 spiro atoms. The van der Waals surface area contributed by atoms with Gasteiger partial charge in [0.05, 0.1) is 13.2 Å². The van der Waals surface area contributed by atoms with Crippen LogP contribution in [0, 0.1) is 0 Å². The molecule has 2 aromatic heterocycles. The average molecular weight is 522 g/mol. The second-order valence-electron chi connectivity index (χ2n) is 7.90. The van der Waals surface area contributed by atoms with E-state index in [0.29, 0.717) is 0 Å². The lowest BCUT2D eigenvalue weighted by Crippen LogP contribution is -2.34. The third-order valence-electron chi connectivity index (χ3n) is 5.11. The first-order valence-corrected chi connectivity index (χ1v) is 12.6. The molecule has 0 bridgehead atoms. The number of phenolic OH excluding ortho intramolecular Hbond substituents is 1. The van der Waals surface area contributed by atoms with E-state index in [1.54, 1.807) is 6.07 Å². The van der Waals surface area contributed by atoms with Crippen LogP contribution >= 0.6 is 0 Å². The van der Waals surface area contributed by atoms with Crippen molar-refractivity contribution in [3.05, 3.63) is 71.7 Å². The molecule has 1 amide bonds. The maximum atomic E-state index is 13.2. The molecule has 1 aliphatic carbocycles. The van der Waals surface area contributed by atoms with Gasteiger partial charge in [-0.3, -0.25) is 9.36 Å². The standard InChI is InChI=1S/C23H19N7O6S/c1-35-17-7-3-6-16(31)20(17)30-21(15-5-2-8-19(26-15)36-14-9-10-14)27-28-22(30)23(32)29-37(33,34)13-18-24-11-4-12-25-18/h3-4,6-8,11-12,14,31H,9-10,13H2,1H3,(H,29,32). The summed E-state index contributed by atoms with van der Waals surface area (Å²) in [5.74, 6) is -2.13. The first kappa shape index (κ1) is 23.9. The first-order valence-electron chi connectivity index (χ1n) is 10.9. The SMILES string of the molecule is COc1cccc(O)c1-n1c(C(=O)NS(=O)(=O)Cc2ncccn2)nnc1C1=C=C=CC(OC2CC2)=N1. The normalized spacial score (nSPS) is 14.6. The Bertz CT molecular complexity index is 1610. The topological polar surface area (TPSA) is 171 Å². The van der Waals surface area contributed by atoms with Crippen LogP contribution < -0.4 is 9.46 Å². The molecule has 0 radical (unpaired) electrons. The van der Waals surface area contributed by atoms with Crippen LogP contribution in [0.4, 0.5) is 0 Å². The number of aromatic hydroxyl groups is 1. The van der Waals surface area contributed by atoms with Gasteiger partial charge in [-0.05, 0) is 36.8 Å². The van der Waals surface area contributed by atoms with Crippen molar-refractivity contribution in [1.82, 2.24) is 29.5 Å². The highest BCUT2D eigenvalue weighted by atomic mass is 32.2. The second kappa shape index (κ2) is 9.70. The highest BCUT2D eigenvalue weighted by Crippen LogP contribution is 2.35. The van der Waals surface area contributed by atoms with E-state index in [-0.39, 0.29) is 46.5 Å². The van der Waals surface area contributed by atoms with Crippen molar-refractivity contribution < 1.29 is 27.8 Å². The van der Waals surface area contributed by atoms with Gasteiger partial charge in [0.15, 0.2) is 11.5 Å². The molecule has 1 aliphatic heterocycles. The summed E-state index contributed by atoms with van der Waals surface area (Å²) in [4.78, 5) is 25.3. The number of aliphatic imine (C=N–C) groups is 1. The Morgan fingerprint density at radius 2 is 2.00 bits per heavy atom. The highest BCUT2D eigenvalue weighted by Gasteiger charge is 2.30. The predicted molar refractivity (Wildman–Crippen MR) is 128 cm³/mol. The summed E-state index contributed by atoms with van der Waals surface area (Å²) >= 11 is 0. The summed E-state index contributed by atoms with van der Waals surface area (Å²) in [7, 11) is -2.85. The quantitative estimate of drug-likeness (QED) is 0.411. The van der Waals surface area contributed by atoms with Crippen LogP contribution in [0.3, 0.4) is 0 Å². The molecule has 0 atom stereocenters. The number of rotatable bonds is 8. The van der Waals surface area contributed by atoms with E-state index in [9.17, 15) is 18.3 Å². The lowest BCUT2D eigenvalue weighted by Gasteiger charge is -2.15. The van der Waals surface area contributed by atoms with Crippen LogP contribution in [-0.2, 0) is 20.5 Å². The number of hydrogen-bond donors (Lipinski definition) is 2. The van der Waals surface area contributed by atoms with Gasteiger partial charge in [0.2, 0.25) is 21.7 Å². The molecule has 2 N–H and O–H groups in total. The van der Waals surface area contributed by atoms with Crippen molar-refractivity contribution in [2.75, 3.05) is 7.11 Å². The van der Waals surface area contributed by atoms with Crippen molar-refractivity contribution in [3.8, 4) is 17.2 Å². The molecule has 188 valence electrons. The lowest BCUT2D eigenvalue weighted by atomic mass is 10.2. The maximum Gasteiger partial charge on any atom is 0.303 e. The van der Waals surface area contributed by atoms with Gasteiger partial charge in [0.1, 0.15) is 34.9 Å². The number of carbonyl (C=O) groups excluding carboxylic acids is 1. The van der Waals surface area contributed by atoms with Crippen LogP contribution in [0.2, 0.25) is 0 Å². The van der Waals surface area contributed by atoms with E-state index in [0.717, 1.165) is 17.4 Å². The fraction of sp³-hybridized carbons (Fsp3) is 0.217.